The average molecular weight is 460 g/mol. The molecule has 10 heteroatoms. The van der Waals surface area contributed by atoms with E-state index in [1.54, 1.807) is 43.5 Å². The number of nitrogens with zero attached hydrogens (tertiary/aromatic N) is 2. The van der Waals surface area contributed by atoms with Gasteiger partial charge in [0.05, 0.1) is 25.1 Å². The first kappa shape index (κ1) is 23.3. The summed E-state index contributed by atoms with van der Waals surface area (Å²) in [6.45, 7) is 0. The van der Waals surface area contributed by atoms with E-state index in [9.17, 15) is 18.0 Å². The molecule has 0 spiro atoms. The molecule has 2 aromatic carbocycles. The van der Waals surface area contributed by atoms with Crippen LogP contribution in [0.5, 0.6) is 5.75 Å². The smallest absolute Gasteiger partial charge is 0.303 e. The summed E-state index contributed by atoms with van der Waals surface area (Å²) in [6.07, 6.45) is 1.69. The second-order valence-electron chi connectivity index (χ2n) is 7.48. The van der Waals surface area contributed by atoms with Crippen LogP contribution in [0.15, 0.2) is 53.6 Å². The van der Waals surface area contributed by atoms with Crippen molar-refractivity contribution in [3.05, 3.63) is 59.7 Å². The van der Waals surface area contributed by atoms with Crippen LogP contribution in [0.4, 0.5) is 5.69 Å². The number of hydrogen-bond acceptors (Lipinski definition) is 6. The van der Waals surface area contributed by atoms with Gasteiger partial charge in [0.1, 0.15) is 5.75 Å². The molecule has 0 aromatic heterocycles. The molecule has 1 aliphatic heterocycles. The number of carboxylic acids is 1. The number of aliphatic carboxylic acids is 1. The molecular formula is C22H25N3O6S. The fraction of sp³-hybridized carbons (Fsp3) is 0.318. The zero-order chi connectivity index (χ0) is 23.3. The zero-order valence-electron chi connectivity index (χ0n) is 17.8. The molecule has 3 rings (SSSR count). The first-order valence-corrected chi connectivity index (χ1v) is 11.9. The van der Waals surface area contributed by atoms with Crippen molar-refractivity contribution in [2.24, 2.45) is 5.10 Å². The van der Waals surface area contributed by atoms with Crippen molar-refractivity contribution >= 4 is 33.3 Å². The maximum atomic E-state index is 12.9. The van der Waals surface area contributed by atoms with Crippen LogP contribution >= 0.6 is 0 Å². The standard InChI is InChI=1S/C22H25N3O6S/c1-31-18-11-9-15(10-12-18)20-14-19(23-25(20)21(26)7-4-8-22(27)28)16-5-3-6-17(13-16)24-32(2,29)30/h3,5-6,9-13,20,24H,4,7-8,14H2,1-2H3,(H,27,28). The minimum Gasteiger partial charge on any atom is -0.497 e. The number of sulfonamides is 1. The number of ether oxygens (including phenoxy) is 1. The number of carbonyl (C=O) groups excluding carboxylic acids is 1. The van der Waals surface area contributed by atoms with E-state index in [1.807, 2.05) is 12.1 Å². The average Bonchev–Trinajstić information content (AvgIpc) is 3.18. The van der Waals surface area contributed by atoms with Crippen LogP contribution in [0, 0.1) is 0 Å². The van der Waals surface area contributed by atoms with Crippen molar-refractivity contribution in [1.29, 1.82) is 0 Å². The number of methoxy groups -OCH3 is 1. The topological polar surface area (TPSA) is 125 Å². The van der Waals surface area contributed by atoms with Gasteiger partial charge in [0.25, 0.3) is 0 Å². The van der Waals surface area contributed by atoms with Crippen molar-refractivity contribution in [2.75, 3.05) is 18.1 Å². The molecule has 1 atom stereocenters. The molecule has 0 radical (unpaired) electrons. The van der Waals surface area contributed by atoms with Crippen molar-refractivity contribution in [3.63, 3.8) is 0 Å². The van der Waals surface area contributed by atoms with Crippen molar-refractivity contribution < 1.29 is 27.9 Å². The maximum absolute atomic E-state index is 12.9. The molecule has 170 valence electrons. The monoisotopic (exact) mass is 459 g/mol. The van der Waals surface area contributed by atoms with E-state index in [4.69, 9.17) is 9.84 Å². The Balaban J connectivity index is 1.89. The number of hydrogen-bond donors (Lipinski definition) is 2. The molecule has 1 unspecified atom stereocenters. The van der Waals surface area contributed by atoms with Crippen LogP contribution in [0.1, 0.15) is 42.9 Å². The summed E-state index contributed by atoms with van der Waals surface area (Å²) in [5.74, 6) is -0.537. The van der Waals surface area contributed by atoms with E-state index in [-0.39, 0.29) is 31.2 Å². The van der Waals surface area contributed by atoms with E-state index in [1.165, 1.54) is 5.01 Å². The van der Waals surface area contributed by atoms with Crippen LogP contribution in [0.3, 0.4) is 0 Å². The second-order valence-corrected chi connectivity index (χ2v) is 9.23. The van der Waals surface area contributed by atoms with E-state index in [0.717, 1.165) is 11.8 Å². The van der Waals surface area contributed by atoms with Crippen LogP contribution in [-0.4, -0.2) is 49.5 Å². The van der Waals surface area contributed by atoms with Crippen LogP contribution in [0.2, 0.25) is 0 Å². The lowest BCUT2D eigenvalue weighted by atomic mass is 9.98. The van der Waals surface area contributed by atoms with Crippen LogP contribution < -0.4 is 9.46 Å². The molecule has 32 heavy (non-hydrogen) atoms. The Bertz CT molecular complexity index is 1130. The van der Waals surface area contributed by atoms with Gasteiger partial charge >= 0.3 is 5.97 Å². The van der Waals surface area contributed by atoms with Crippen LogP contribution in [-0.2, 0) is 19.6 Å². The van der Waals surface area contributed by atoms with E-state index in [0.29, 0.717) is 29.1 Å². The summed E-state index contributed by atoms with van der Waals surface area (Å²) in [4.78, 5) is 23.7. The Labute approximate surface area is 186 Å². The minimum absolute atomic E-state index is 0.0609. The lowest BCUT2D eigenvalue weighted by Gasteiger charge is -2.22. The Kier molecular flexibility index (Phi) is 7.14. The molecule has 1 aliphatic rings. The molecular weight excluding hydrogens is 434 g/mol. The number of hydrazone groups is 1. The molecule has 2 N–H and O–H groups in total. The van der Waals surface area contributed by atoms with E-state index in [2.05, 4.69) is 9.82 Å². The SMILES string of the molecule is COc1ccc(C2CC(c3cccc(NS(C)(=O)=O)c3)=NN2C(=O)CCCC(=O)O)cc1. The molecule has 0 saturated carbocycles. The van der Waals surface area contributed by atoms with Gasteiger partial charge < -0.3 is 9.84 Å². The normalized spacial score (nSPS) is 15.9. The zero-order valence-corrected chi connectivity index (χ0v) is 18.6. The van der Waals surface area contributed by atoms with Gasteiger partial charge in [0, 0.05) is 24.9 Å². The molecule has 0 bridgehead atoms. The molecule has 0 fully saturated rings. The summed E-state index contributed by atoms with van der Waals surface area (Å²) in [5.41, 5.74) is 2.59. The Morgan fingerprint density at radius 2 is 1.91 bits per heavy atom. The third-order valence-electron chi connectivity index (χ3n) is 4.95. The first-order valence-electron chi connectivity index (χ1n) is 10.00. The van der Waals surface area contributed by atoms with Gasteiger partial charge in [-0.15, -0.1) is 0 Å². The van der Waals surface area contributed by atoms with Gasteiger partial charge in [0.2, 0.25) is 15.9 Å². The summed E-state index contributed by atoms with van der Waals surface area (Å²) < 4.78 is 30.8. The minimum atomic E-state index is -3.43. The molecule has 2 aromatic rings. The number of carboxylic acid groups (broad SMARTS) is 1. The van der Waals surface area contributed by atoms with Gasteiger partial charge in [-0.1, -0.05) is 24.3 Å². The lowest BCUT2D eigenvalue weighted by molar-refractivity contribution is -0.137. The van der Waals surface area contributed by atoms with E-state index < -0.39 is 16.0 Å². The van der Waals surface area contributed by atoms with Crippen molar-refractivity contribution in [3.8, 4) is 5.75 Å². The highest BCUT2D eigenvalue weighted by atomic mass is 32.2. The van der Waals surface area contributed by atoms with E-state index >= 15 is 0 Å². The van der Waals surface area contributed by atoms with Gasteiger partial charge in [-0.3, -0.25) is 14.3 Å². The highest BCUT2D eigenvalue weighted by Crippen LogP contribution is 2.34. The highest BCUT2D eigenvalue weighted by molar-refractivity contribution is 7.92. The highest BCUT2D eigenvalue weighted by Gasteiger charge is 2.33. The fourth-order valence-corrected chi connectivity index (χ4v) is 4.04. The summed E-state index contributed by atoms with van der Waals surface area (Å²) >= 11 is 0. The third-order valence-corrected chi connectivity index (χ3v) is 5.55. The third kappa shape index (κ3) is 6.07. The molecule has 1 amide bonds. The Morgan fingerprint density at radius 3 is 2.53 bits per heavy atom. The largest absolute Gasteiger partial charge is 0.497 e. The lowest BCUT2D eigenvalue weighted by Crippen LogP contribution is -2.27. The quantitative estimate of drug-likeness (QED) is 0.594. The Morgan fingerprint density at radius 1 is 1.19 bits per heavy atom. The predicted octanol–water partition coefficient (Wildman–Crippen LogP) is 3.00. The Hall–Kier alpha value is -3.40. The molecule has 9 nitrogen and oxygen atoms in total. The number of nitrogens with one attached hydrogen (secondary N) is 1. The van der Waals surface area contributed by atoms with Gasteiger partial charge in [-0.25, -0.2) is 13.4 Å². The summed E-state index contributed by atoms with van der Waals surface area (Å²) in [6, 6.07) is 13.8. The fourth-order valence-electron chi connectivity index (χ4n) is 3.48. The molecule has 0 aliphatic carbocycles. The summed E-state index contributed by atoms with van der Waals surface area (Å²) in [7, 11) is -1.86. The predicted molar refractivity (Wildman–Crippen MR) is 120 cm³/mol. The number of amides is 1. The second kappa shape index (κ2) is 9.82. The molecule has 0 saturated heterocycles. The first-order chi connectivity index (χ1) is 15.2. The van der Waals surface area contributed by atoms with Crippen LogP contribution in [0.25, 0.3) is 0 Å². The van der Waals surface area contributed by atoms with Gasteiger partial charge in [-0.05, 0) is 41.8 Å². The maximum Gasteiger partial charge on any atom is 0.303 e. The number of anilines is 1. The number of benzene rings is 2. The van der Waals surface area contributed by atoms with Gasteiger partial charge in [-0.2, -0.15) is 5.10 Å². The van der Waals surface area contributed by atoms with Crippen molar-refractivity contribution in [2.45, 2.75) is 31.7 Å². The molecule has 1 heterocycles. The summed E-state index contributed by atoms with van der Waals surface area (Å²) in [5, 5.41) is 14.8. The number of rotatable bonds is 9. The van der Waals surface area contributed by atoms with Gasteiger partial charge in [0.15, 0.2) is 0 Å². The van der Waals surface area contributed by atoms with Crippen molar-refractivity contribution in [1.82, 2.24) is 5.01 Å². The number of carbonyl (C=O) groups is 2.